The number of carbonyl (C=O) groups excluding carboxylic acids is 4. The minimum atomic E-state index is -1.03. The van der Waals surface area contributed by atoms with Gasteiger partial charge in [-0.05, 0) is 77.5 Å². The highest BCUT2D eigenvalue weighted by molar-refractivity contribution is 8.00. The van der Waals surface area contributed by atoms with Gasteiger partial charge in [-0.1, -0.05) is 17.3 Å². The number of aromatic nitrogens is 5. The predicted molar refractivity (Wildman–Crippen MR) is 211 cm³/mol. The molecule has 57 heavy (non-hydrogen) atoms. The van der Waals surface area contributed by atoms with Crippen LogP contribution in [0.1, 0.15) is 45.5 Å². The quantitative estimate of drug-likeness (QED) is 0.0372. The van der Waals surface area contributed by atoms with E-state index in [1.807, 2.05) is 30.1 Å². The van der Waals surface area contributed by atoms with Crippen LogP contribution in [0.3, 0.4) is 0 Å². The van der Waals surface area contributed by atoms with Gasteiger partial charge in [0.25, 0.3) is 11.8 Å². The van der Waals surface area contributed by atoms with Crippen molar-refractivity contribution in [3.63, 3.8) is 0 Å². The molecule has 2 aliphatic heterocycles. The number of imidazole rings is 1. The Morgan fingerprint density at radius 1 is 1.14 bits per heavy atom. The van der Waals surface area contributed by atoms with Crippen LogP contribution in [-0.2, 0) is 48.4 Å². The molecule has 1 saturated heterocycles. The molecule has 5 heterocycles. The molecule has 6 rings (SSSR count). The molecule has 0 radical (unpaired) electrons. The van der Waals surface area contributed by atoms with E-state index in [-0.39, 0.29) is 42.1 Å². The molecule has 2 unspecified atom stereocenters. The number of β-lactam (4-membered cyclic amide) rings is 1. The van der Waals surface area contributed by atoms with Crippen LogP contribution in [0.25, 0.3) is 11.2 Å². The zero-order valence-corrected chi connectivity index (χ0v) is 34.1. The first-order valence-electron chi connectivity index (χ1n) is 18.2. The van der Waals surface area contributed by atoms with Crippen LogP contribution < -0.4 is 25.3 Å². The summed E-state index contributed by atoms with van der Waals surface area (Å²) in [5, 5.41) is 11.8. The number of ether oxygens (including phenoxy) is 3. The van der Waals surface area contributed by atoms with Gasteiger partial charge in [-0.2, -0.15) is 9.36 Å². The van der Waals surface area contributed by atoms with E-state index in [0.29, 0.717) is 17.1 Å². The Bertz CT molecular complexity index is 2180. The molecule has 18 nitrogen and oxygen atoms in total. The van der Waals surface area contributed by atoms with Gasteiger partial charge in [-0.15, -0.1) is 16.7 Å². The van der Waals surface area contributed by atoms with Crippen molar-refractivity contribution >= 4 is 69.2 Å². The fourth-order valence-electron chi connectivity index (χ4n) is 6.06. The summed E-state index contributed by atoms with van der Waals surface area (Å²) in [4.78, 5) is 69.5. The minimum absolute atomic E-state index is 0.0399. The Morgan fingerprint density at radius 2 is 1.93 bits per heavy atom. The van der Waals surface area contributed by atoms with Crippen LogP contribution in [0.15, 0.2) is 65.3 Å². The zero-order chi connectivity index (χ0) is 40.7. The van der Waals surface area contributed by atoms with Gasteiger partial charge in [-0.3, -0.25) is 24.4 Å². The average Bonchev–Trinajstić information content (AvgIpc) is 3.79. The second kappa shape index (κ2) is 18.1. The molecule has 1 fully saturated rings. The predicted octanol–water partition coefficient (Wildman–Crippen LogP) is 2.98. The van der Waals surface area contributed by atoms with E-state index in [1.54, 1.807) is 65.3 Å². The normalized spacial score (nSPS) is 16.8. The zero-order valence-electron chi connectivity index (χ0n) is 32.4. The lowest BCUT2D eigenvalue weighted by Crippen LogP contribution is -2.71. The maximum atomic E-state index is 14.0. The van der Waals surface area contributed by atoms with Gasteiger partial charge in [0, 0.05) is 22.9 Å². The van der Waals surface area contributed by atoms with Crippen LogP contribution in [0, 0.1) is 0 Å². The monoisotopic (exact) mass is 821 g/mol. The third kappa shape index (κ3) is 9.69. The molecule has 2 aliphatic rings. The highest BCUT2D eigenvalue weighted by Crippen LogP contribution is 2.41. The lowest BCUT2D eigenvalue weighted by atomic mass is 10.0. The number of methoxy groups -OCH3 is 1. The number of rotatable bonds is 16. The van der Waals surface area contributed by atoms with Gasteiger partial charge in [0.15, 0.2) is 11.8 Å². The standard InChI is InChI=1S/C37H44N10O8S2/c1-7-54-43-26(29-41-35(57-44-29)42-36(51)55-37(2,3)4)31(48)40-27-32(49)47-28(34(50)53-19-22-11-13-24(52-6)14-12-22)23(20-56-33(27)47)18-46-21-45(17-9-15-38-5)25-10-8-16-39-30(25)46/h8,10-14,16,21,27,33,38H,7,9,15,17-20H2,1-6H3,(H-,40,41,42,44,48,51)/p+1/b43-26-. The number of esters is 1. The van der Waals surface area contributed by atoms with Gasteiger partial charge >= 0.3 is 17.7 Å². The molecule has 0 aliphatic carbocycles. The van der Waals surface area contributed by atoms with Gasteiger partial charge in [0.05, 0.1) is 20.2 Å². The first kappa shape index (κ1) is 41.0. The average molecular weight is 822 g/mol. The number of fused-ring (bicyclic) bond motifs is 2. The summed E-state index contributed by atoms with van der Waals surface area (Å²) in [6.07, 6.45) is 3.84. The van der Waals surface area contributed by atoms with Gasteiger partial charge in [0.1, 0.15) is 47.9 Å². The Labute approximate surface area is 337 Å². The van der Waals surface area contributed by atoms with Crippen LogP contribution in [0.2, 0.25) is 0 Å². The summed E-state index contributed by atoms with van der Waals surface area (Å²) in [6.45, 7) is 8.80. The van der Waals surface area contributed by atoms with Gasteiger partial charge in [-0.25, -0.2) is 14.2 Å². The number of nitrogens with zero attached hydrogens (tertiary/aromatic N) is 7. The number of anilines is 1. The van der Waals surface area contributed by atoms with Crippen molar-refractivity contribution in [3.05, 3.63) is 71.6 Å². The van der Waals surface area contributed by atoms with E-state index in [1.165, 1.54) is 16.7 Å². The van der Waals surface area contributed by atoms with Crippen molar-refractivity contribution in [1.82, 2.24) is 34.4 Å². The summed E-state index contributed by atoms with van der Waals surface area (Å²) in [5.74, 6) is -1.08. The molecule has 2 atom stereocenters. The first-order valence-corrected chi connectivity index (χ1v) is 20.0. The summed E-state index contributed by atoms with van der Waals surface area (Å²) in [5.41, 5.74) is 2.13. The number of benzene rings is 1. The number of amides is 3. The molecular formula is C37H45N10O8S2+. The fourth-order valence-corrected chi connectivity index (χ4v) is 7.95. The molecule has 0 saturated carbocycles. The number of hydrogen-bond donors (Lipinski definition) is 3. The molecular weight excluding hydrogens is 777 g/mol. The van der Waals surface area contributed by atoms with E-state index in [9.17, 15) is 19.2 Å². The van der Waals surface area contributed by atoms with Crippen molar-refractivity contribution in [2.24, 2.45) is 5.16 Å². The number of hydrogen-bond acceptors (Lipinski definition) is 15. The largest absolute Gasteiger partial charge is 0.497 e. The van der Waals surface area contributed by atoms with E-state index in [4.69, 9.17) is 19.0 Å². The summed E-state index contributed by atoms with van der Waals surface area (Å²) in [6, 6.07) is 9.98. The Balaban J connectivity index is 1.24. The van der Waals surface area contributed by atoms with Crippen molar-refractivity contribution in [2.45, 2.75) is 70.8 Å². The topological polar surface area (TPSA) is 204 Å². The number of carbonyl (C=O) groups is 4. The van der Waals surface area contributed by atoms with E-state index < -0.39 is 40.9 Å². The molecule has 302 valence electrons. The second-order valence-corrected chi connectivity index (χ2v) is 15.7. The minimum Gasteiger partial charge on any atom is -0.497 e. The van der Waals surface area contributed by atoms with Crippen molar-refractivity contribution in [3.8, 4) is 5.75 Å². The van der Waals surface area contributed by atoms with E-state index in [0.717, 1.165) is 47.8 Å². The van der Waals surface area contributed by atoms with Crippen molar-refractivity contribution in [1.29, 1.82) is 0 Å². The number of aryl methyl sites for hydroxylation is 1. The molecule has 3 N–H and O–H groups in total. The summed E-state index contributed by atoms with van der Waals surface area (Å²) >= 11 is 2.22. The third-order valence-corrected chi connectivity index (χ3v) is 10.6. The molecule has 1 aromatic carbocycles. The molecule has 4 aromatic rings. The molecule has 3 amide bonds. The van der Waals surface area contributed by atoms with Crippen molar-refractivity contribution in [2.75, 3.05) is 38.4 Å². The number of oxime groups is 1. The Morgan fingerprint density at radius 3 is 2.65 bits per heavy atom. The SMILES string of the molecule is CCO/N=C(\C(=O)NC1C(=O)N2C(C(=O)OCc3ccc(OC)cc3)=C(C[n+]3cn(CCCNC)c4cccnc43)CSC12)c1nsc(NC(=O)OC(C)(C)C)n1. The van der Waals surface area contributed by atoms with Gasteiger partial charge < -0.3 is 29.7 Å². The van der Waals surface area contributed by atoms with E-state index >= 15 is 0 Å². The molecule has 20 heteroatoms. The highest BCUT2D eigenvalue weighted by atomic mass is 32.2. The third-order valence-electron chi connectivity index (χ3n) is 8.62. The molecule has 3 aromatic heterocycles. The molecule has 0 spiro atoms. The maximum absolute atomic E-state index is 14.0. The smallest absolute Gasteiger partial charge is 0.414 e. The highest BCUT2D eigenvalue weighted by Gasteiger charge is 2.55. The Hall–Kier alpha value is -5.60. The number of nitrogens with one attached hydrogen (secondary N) is 3. The summed E-state index contributed by atoms with van der Waals surface area (Å²) in [7, 11) is 3.48. The number of pyridine rings is 1. The fraction of sp³-hybridized carbons (Fsp3) is 0.432. The number of thioether (sulfide) groups is 1. The van der Waals surface area contributed by atoms with E-state index in [2.05, 4.69) is 40.0 Å². The van der Waals surface area contributed by atoms with Crippen LogP contribution >= 0.6 is 23.3 Å². The summed E-state index contributed by atoms with van der Waals surface area (Å²) < 4.78 is 24.6. The van der Waals surface area contributed by atoms with Crippen LogP contribution in [0.4, 0.5) is 9.93 Å². The van der Waals surface area contributed by atoms with Crippen molar-refractivity contribution < 1.29 is 42.8 Å². The lowest BCUT2D eigenvalue weighted by molar-refractivity contribution is -0.665. The van der Waals surface area contributed by atoms with Crippen LogP contribution in [0.5, 0.6) is 5.75 Å². The first-order chi connectivity index (χ1) is 27.4. The van der Waals surface area contributed by atoms with Gasteiger partial charge in [0.2, 0.25) is 16.7 Å². The second-order valence-electron chi connectivity index (χ2n) is 13.9. The molecule has 0 bridgehead atoms. The maximum Gasteiger partial charge on any atom is 0.414 e. The Kier molecular flexibility index (Phi) is 13.0. The van der Waals surface area contributed by atoms with Crippen LogP contribution in [-0.4, -0.2) is 103 Å². The lowest BCUT2D eigenvalue weighted by Gasteiger charge is -2.49.